The van der Waals surface area contributed by atoms with Crippen LogP contribution >= 0.6 is 0 Å². The van der Waals surface area contributed by atoms with Gasteiger partial charge in [0.2, 0.25) is 5.89 Å². The van der Waals surface area contributed by atoms with Crippen molar-refractivity contribution in [3.05, 3.63) is 115 Å². The summed E-state index contributed by atoms with van der Waals surface area (Å²) in [5.74, 6) is 1.32. The maximum absolute atomic E-state index is 5.81. The Kier molecular flexibility index (Phi) is 5.41. The summed E-state index contributed by atoms with van der Waals surface area (Å²) >= 11 is 0. The molecule has 0 N–H and O–H groups in total. The average molecular weight is 418 g/mol. The van der Waals surface area contributed by atoms with E-state index in [4.69, 9.17) is 9.15 Å². The number of hydrogen-bond acceptors (Lipinski definition) is 4. The molecule has 32 heavy (non-hydrogen) atoms. The number of rotatable bonds is 6. The van der Waals surface area contributed by atoms with Crippen molar-refractivity contribution in [3.8, 4) is 5.75 Å². The molecule has 5 aromatic rings. The number of benzene rings is 4. The lowest BCUT2D eigenvalue weighted by Crippen LogP contribution is -2.09. The highest BCUT2D eigenvalue weighted by atomic mass is 16.5. The molecule has 0 unspecified atom stereocenters. The van der Waals surface area contributed by atoms with E-state index in [9.17, 15) is 0 Å². The summed E-state index contributed by atoms with van der Waals surface area (Å²) in [6.45, 7) is 0. The lowest BCUT2D eigenvalue weighted by Gasteiger charge is -2.25. The van der Waals surface area contributed by atoms with Crippen molar-refractivity contribution in [1.29, 1.82) is 0 Å². The zero-order chi connectivity index (χ0) is 21.8. The van der Waals surface area contributed by atoms with Crippen molar-refractivity contribution in [2.24, 2.45) is 0 Å². The zero-order valence-corrected chi connectivity index (χ0v) is 17.7. The molecule has 0 bridgehead atoms. The molecule has 0 radical (unpaired) electrons. The molecule has 0 atom stereocenters. The van der Waals surface area contributed by atoms with Crippen molar-refractivity contribution >= 4 is 40.3 Å². The van der Waals surface area contributed by atoms with Gasteiger partial charge in [-0.2, -0.15) is 0 Å². The summed E-state index contributed by atoms with van der Waals surface area (Å²) in [5, 5.41) is 0. The van der Waals surface area contributed by atoms with Crippen LogP contribution < -0.4 is 9.64 Å². The van der Waals surface area contributed by atoms with Crippen LogP contribution in [0.15, 0.2) is 108 Å². The number of methoxy groups -OCH3 is 1. The van der Waals surface area contributed by atoms with E-state index in [1.165, 1.54) is 0 Å². The molecule has 0 saturated carbocycles. The minimum absolute atomic E-state index is 0.563. The zero-order valence-electron chi connectivity index (χ0n) is 17.7. The number of fused-ring (bicyclic) bond motifs is 1. The molecule has 0 fully saturated rings. The van der Waals surface area contributed by atoms with Gasteiger partial charge in [-0.1, -0.05) is 48.5 Å². The van der Waals surface area contributed by atoms with Crippen LogP contribution in [0.1, 0.15) is 11.5 Å². The Morgan fingerprint density at radius 2 is 1.34 bits per heavy atom. The van der Waals surface area contributed by atoms with Crippen LogP contribution in [0.3, 0.4) is 0 Å². The number of para-hydroxylation sites is 2. The van der Waals surface area contributed by atoms with Crippen LogP contribution in [-0.2, 0) is 0 Å². The third kappa shape index (κ3) is 4.12. The van der Waals surface area contributed by atoms with Gasteiger partial charge < -0.3 is 14.1 Å². The predicted molar refractivity (Wildman–Crippen MR) is 131 cm³/mol. The van der Waals surface area contributed by atoms with Gasteiger partial charge in [0.25, 0.3) is 0 Å². The average Bonchev–Trinajstić information content (AvgIpc) is 3.27. The van der Waals surface area contributed by atoms with E-state index in [0.717, 1.165) is 39.5 Å². The molecule has 0 spiro atoms. The van der Waals surface area contributed by atoms with Crippen LogP contribution in [0.2, 0.25) is 0 Å². The van der Waals surface area contributed by atoms with Crippen LogP contribution in [0.5, 0.6) is 5.75 Å². The third-order valence-electron chi connectivity index (χ3n) is 5.21. The summed E-state index contributed by atoms with van der Waals surface area (Å²) in [5.41, 5.74) is 5.90. The second kappa shape index (κ2) is 8.82. The van der Waals surface area contributed by atoms with Gasteiger partial charge in [-0.15, -0.1) is 0 Å². The van der Waals surface area contributed by atoms with Crippen molar-refractivity contribution in [1.82, 2.24) is 4.98 Å². The fraction of sp³-hybridized carbons (Fsp3) is 0.0357. The number of oxazole rings is 1. The van der Waals surface area contributed by atoms with Crippen LogP contribution in [0, 0.1) is 0 Å². The Labute approximate surface area is 187 Å². The molecule has 5 rings (SSSR count). The molecule has 0 aliphatic heterocycles. The van der Waals surface area contributed by atoms with Crippen LogP contribution in [-0.4, -0.2) is 12.1 Å². The minimum Gasteiger partial charge on any atom is -0.497 e. The number of aromatic nitrogens is 1. The van der Waals surface area contributed by atoms with Crippen molar-refractivity contribution < 1.29 is 9.15 Å². The normalized spacial score (nSPS) is 11.2. The number of nitrogens with zero attached hydrogens (tertiary/aromatic N) is 2. The molecule has 4 aromatic carbocycles. The third-order valence-corrected chi connectivity index (χ3v) is 5.21. The molecule has 4 nitrogen and oxygen atoms in total. The molecule has 1 aromatic heterocycles. The smallest absolute Gasteiger partial charge is 0.220 e. The topological polar surface area (TPSA) is 38.5 Å². The monoisotopic (exact) mass is 418 g/mol. The first-order valence-corrected chi connectivity index (χ1v) is 10.4. The molecule has 1 heterocycles. The maximum atomic E-state index is 5.81. The highest BCUT2D eigenvalue weighted by Crippen LogP contribution is 2.34. The van der Waals surface area contributed by atoms with Gasteiger partial charge in [0.1, 0.15) is 11.3 Å². The van der Waals surface area contributed by atoms with E-state index in [-0.39, 0.29) is 0 Å². The standard InChI is InChI=1S/C28H22N2O2/c1-31-25-17-18-27-26(20-25)29-28(32-27)19-14-21-12-15-24(16-13-21)30(22-8-4-2-5-9-22)23-10-6-3-7-11-23/h2-20H,1H3/b19-14+. The highest BCUT2D eigenvalue weighted by Gasteiger charge is 2.11. The predicted octanol–water partition coefficient (Wildman–Crippen LogP) is 7.48. The molecular formula is C28H22N2O2. The van der Waals surface area contributed by atoms with Gasteiger partial charge in [-0.3, -0.25) is 0 Å². The van der Waals surface area contributed by atoms with Gasteiger partial charge in [0.15, 0.2) is 5.58 Å². The summed E-state index contributed by atoms with van der Waals surface area (Å²) < 4.78 is 11.1. The van der Waals surface area contributed by atoms with Crippen molar-refractivity contribution in [3.63, 3.8) is 0 Å². The summed E-state index contributed by atoms with van der Waals surface area (Å²) in [4.78, 5) is 6.76. The number of anilines is 3. The fourth-order valence-corrected chi connectivity index (χ4v) is 3.63. The largest absolute Gasteiger partial charge is 0.497 e. The first-order chi connectivity index (χ1) is 15.8. The Bertz CT molecular complexity index is 1300. The summed E-state index contributed by atoms with van der Waals surface area (Å²) in [7, 11) is 1.64. The summed E-state index contributed by atoms with van der Waals surface area (Å²) in [6, 6.07) is 34.8. The minimum atomic E-state index is 0.563. The second-order valence-electron chi connectivity index (χ2n) is 7.32. The maximum Gasteiger partial charge on any atom is 0.220 e. The molecule has 156 valence electrons. The van der Waals surface area contributed by atoms with Gasteiger partial charge >= 0.3 is 0 Å². The molecule has 0 aliphatic carbocycles. The van der Waals surface area contributed by atoms with E-state index in [0.29, 0.717) is 5.89 Å². The summed E-state index contributed by atoms with van der Waals surface area (Å²) in [6.07, 6.45) is 3.88. The molecule has 0 aliphatic rings. The molecule has 0 saturated heterocycles. The SMILES string of the molecule is COc1ccc2oc(/C=C/c3ccc(N(c4ccccc4)c4ccccc4)cc3)nc2c1. The molecular weight excluding hydrogens is 396 g/mol. The molecule has 0 amide bonds. The van der Waals surface area contributed by atoms with Crippen molar-refractivity contribution in [2.45, 2.75) is 0 Å². The van der Waals surface area contributed by atoms with E-state index in [1.54, 1.807) is 7.11 Å². The Morgan fingerprint density at radius 1 is 0.719 bits per heavy atom. The first kappa shape index (κ1) is 19.6. The van der Waals surface area contributed by atoms with Gasteiger partial charge in [-0.25, -0.2) is 4.98 Å². The lowest BCUT2D eigenvalue weighted by molar-refractivity contribution is 0.415. The second-order valence-corrected chi connectivity index (χ2v) is 7.32. The highest BCUT2D eigenvalue weighted by molar-refractivity contribution is 5.79. The number of hydrogen-bond donors (Lipinski definition) is 0. The fourth-order valence-electron chi connectivity index (χ4n) is 3.63. The molecule has 4 heteroatoms. The lowest BCUT2D eigenvalue weighted by atomic mass is 10.1. The van der Waals surface area contributed by atoms with E-state index in [2.05, 4.69) is 82.7 Å². The Hall–Kier alpha value is -4.31. The quantitative estimate of drug-likeness (QED) is 0.287. The van der Waals surface area contributed by atoms with Crippen molar-refractivity contribution in [2.75, 3.05) is 12.0 Å². The Balaban J connectivity index is 1.41. The Morgan fingerprint density at radius 3 is 1.97 bits per heavy atom. The van der Waals surface area contributed by atoms with E-state index in [1.807, 2.05) is 42.5 Å². The van der Waals surface area contributed by atoms with Crippen LogP contribution in [0.25, 0.3) is 23.3 Å². The van der Waals surface area contributed by atoms with Crippen LogP contribution in [0.4, 0.5) is 17.1 Å². The van der Waals surface area contributed by atoms with E-state index < -0.39 is 0 Å². The van der Waals surface area contributed by atoms with Gasteiger partial charge in [0.05, 0.1) is 7.11 Å². The number of ether oxygens (including phenoxy) is 1. The first-order valence-electron chi connectivity index (χ1n) is 10.4. The van der Waals surface area contributed by atoms with E-state index >= 15 is 0 Å². The van der Waals surface area contributed by atoms with Gasteiger partial charge in [0, 0.05) is 29.2 Å². The van der Waals surface area contributed by atoms with Gasteiger partial charge in [-0.05, 0) is 60.2 Å².